The van der Waals surface area contributed by atoms with Gasteiger partial charge in [0.1, 0.15) is 17.9 Å². The number of hydrogen-bond acceptors (Lipinski definition) is 3. The Labute approximate surface area is 158 Å². The third-order valence-corrected chi connectivity index (χ3v) is 5.14. The number of halogens is 1. The van der Waals surface area contributed by atoms with Gasteiger partial charge in [0.25, 0.3) is 5.91 Å². The number of rotatable bonds is 3. The molecule has 0 spiro atoms. The van der Waals surface area contributed by atoms with Gasteiger partial charge in [0.15, 0.2) is 0 Å². The maximum Gasteiger partial charge on any atom is 0.253 e. The SMILES string of the molecule is Cc1ccc(C(=O)N2CC[C@@H](C)[C@H](Oc3ccc(C#N)c(Cl)c3)C2)cc1. The summed E-state index contributed by atoms with van der Waals surface area (Å²) >= 11 is 6.09. The lowest BCUT2D eigenvalue weighted by Gasteiger charge is -2.37. The van der Waals surface area contributed by atoms with Crippen LogP contribution in [-0.2, 0) is 0 Å². The van der Waals surface area contributed by atoms with Crippen LogP contribution in [0, 0.1) is 24.2 Å². The number of ether oxygens (including phenoxy) is 1. The molecule has 0 radical (unpaired) electrons. The molecule has 2 atom stereocenters. The van der Waals surface area contributed by atoms with Gasteiger partial charge in [0.2, 0.25) is 0 Å². The summed E-state index contributed by atoms with van der Waals surface area (Å²) in [5, 5.41) is 9.35. The van der Waals surface area contributed by atoms with E-state index >= 15 is 0 Å². The second-order valence-electron chi connectivity index (χ2n) is 6.79. The second-order valence-corrected chi connectivity index (χ2v) is 7.20. The Morgan fingerprint density at radius 1 is 1.27 bits per heavy atom. The summed E-state index contributed by atoms with van der Waals surface area (Å²) in [5.41, 5.74) is 2.25. The summed E-state index contributed by atoms with van der Waals surface area (Å²) in [6.45, 7) is 5.39. The number of likely N-dealkylation sites (tertiary alicyclic amines) is 1. The van der Waals surface area contributed by atoms with Crippen molar-refractivity contribution in [3.8, 4) is 11.8 Å². The molecule has 0 aromatic heterocycles. The number of aryl methyl sites for hydroxylation is 1. The van der Waals surface area contributed by atoms with Crippen LogP contribution in [0.3, 0.4) is 0 Å². The van der Waals surface area contributed by atoms with Gasteiger partial charge in [-0.3, -0.25) is 4.79 Å². The fourth-order valence-corrected chi connectivity index (χ4v) is 3.30. The molecule has 0 unspecified atom stereocenters. The van der Waals surface area contributed by atoms with E-state index in [9.17, 15) is 4.79 Å². The van der Waals surface area contributed by atoms with Crippen molar-refractivity contribution in [1.82, 2.24) is 4.90 Å². The highest BCUT2D eigenvalue weighted by Gasteiger charge is 2.31. The maximum atomic E-state index is 12.8. The van der Waals surface area contributed by atoms with Crippen molar-refractivity contribution in [2.45, 2.75) is 26.4 Å². The van der Waals surface area contributed by atoms with E-state index in [4.69, 9.17) is 21.6 Å². The largest absolute Gasteiger partial charge is 0.488 e. The summed E-state index contributed by atoms with van der Waals surface area (Å²) in [6, 6.07) is 14.7. The number of amides is 1. The smallest absolute Gasteiger partial charge is 0.253 e. The number of piperidine rings is 1. The molecular weight excluding hydrogens is 348 g/mol. The van der Waals surface area contributed by atoms with Crippen molar-refractivity contribution in [2.75, 3.05) is 13.1 Å². The Balaban J connectivity index is 1.72. The average Bonchev–Trinajstić information content (AvgIpc) is 2.64. The van der Waals surface area contributed by atoms with Gasteiger partial charge in [-0.25, -0.2) is 0 Å². The third kappa shape index (κ3) is 4.00. The van der Waals surface area contributed by atoms with E-state index in [2.05, 4.69) is 6.92 Å². The van der Waals surface area contributed by atoms with E-state index in [0.29, 0.717) is 34.4 Å². The molecule has 2 aromatic rings. The van der Waals surface area contributed by atoms with Crippen molar-refractivity contribution >= 4 is 17.5 Å². The molecule has 1 heterocycles. The van der Waals surface area contributed by atoms with Crippen LogP contribution in [0.1, 0.15) is 34.8 Å². The summed E-state index contributed by atoms with van der Waals surface area (Å²) in [7, 11) is 0. The molecule has 2 aromatic carbocycles. The number of nitrogens with zero attached hydrogens (tertiary/aromatic N) is 2. The van der Waals surface area contributed by atoms with Crippen LogP contribution in [0.5, 0.6) is 5.75 Å². The summed E-state index contributed by atoms with van der Waals surface area (Å²) in [6.07, 6.45) is 0.772. The molecule has 1 amide bonds. The number of carbonyl (C=O) groups is 1. The van der Waals surface area contributed by atoms with Gasteiger partial charge in [0.05, 0.1) is 17.1 Å². The van der Waals surface area contributed by atoms with E-state index in [1.54, 1.807) is 18.2 Å². The van der Waals surface area contributed by atoms with Crippen LogP contribution in [0.15, 0.2) is 42.5 Å². The highest BCUT2D eigenvalue weighted by molar-refractivity contribution is 6.31. The van der Waals surface area contributed by atoms with E-state index < -0.39 is 0 Å². The minimum atomic E-state index is -0.109. The lowest BCUT2D eigenvalue weighted by Crippen LogP contribution is -2.48. The normalized spacial score (nSPS) is 19.7. The molecule has 0 bridgehead atoms. The average molecular weight is 369 g/mol. The molecule has 1 fully saturated rings. The predicted molar refractivity (Wildman–Crippen MR) is 101 cm³/mol. The molecule has 4 nitrogen and oxygen atoms in total. The third-order valence-electron chi connectivity index (χ3n) is 4.82. The maximum absolute atomic E-state index is 12.8. The molecule has 0 N–H and O–H groups in total. The van der Waals surface area contributed by atoms with Crippen molar-refractivity contribution < 1.29 is 9.53 Å². The summed E-state index contributed by atoms with van der Waals surface area (Å²) in [4.78, 5) is 14.6. The molecule has 1 aliphatic rings. The zero-order valence-electron chi connectivity index (χ0n) is 14.9. The lowest BCUT2D eigenvalue weighted by molar-refractivity contribution is 0.0358. The standard InChI is InChI=1S/C21H21ClN2O2/c1-14-3-5-16(6-4-14)21(25)24-10-9-15(2)20(13-24)26-18-8-7-17(12-23)19(22)11-18/h3-8,11,15,20H,9-10,13H2,1-2H3/t15-,20-/m1/s1. The van der Waals surface area contributed by atoms with Crippen LogP contribution in [0.2, 0.25) is 5.02 Å². The number of nitriles is 1. The molecule has 3 rings (SSSR count). The van der Waals surface area contributed by atoms with Gasteiger partial charge in [-0.1, -0.05) is 36.2 Å². The molecule has 1 saturated heterocycles. The lowest BCUT2D eigenvalue weighted by atomic mass is 9.95. The van der Waals surface area contributed by atoms with Crippen LogP contribution >= 0.6 is 11.6 Å². The number of carbonyl (C=O) groups excluding carboxylic acids is 1. The zero-order valence-corrected chi connectivity index (χ0v) is 15.7. The van der Waals surface area contributed by atoms with Crippen LogP contribution < -0.4 is 4.74 Å². The van der Waals surface area contributed by atoms with Gasteiger partial charge in [0, 0.05) is 18.2 Å². The van der Waals surface area contributed by atoms with Crippen LogP contribution in [0.4, 0.5) is 0 Å². The quantitative estimate of drug-likeness (QED) is 0.804. The van der Waals surface area contributed by atoms with E-state index in [0.717, 1.165) is 18.5 Å². The highest BCUT2D eigenvalue weighted by atomic mass is 35.5. The molecule has 5 heteroatoms. The summed E-state index contributed by atoms with van der Waals surface area (Å²) < 4.78 is 6.10. The van der Waals surface area contributed by atoms with Crippen molar-refractivity contribution in [2.24, 2.45) is 5.92 Å². The minimum Gasteiger partial charge on any atom is -0.488 e. The fourth-order valence-electron chi connectivity index (χ4n) is 3.09. The van der Waals surface area contributed by atoms with Crippen LogP contribution in [-0.4, -0.2) is 30.0 Å². The van der Waals surface area contributed by atoms with Gasteiger partial charge < -0.3 is 9.64 Å². The molecule has 26 heavy (non-hydrogen) atoms. The molecular formula is C21H21ClN2O2. The minimum absolute atomic E-state index is 0.0309. The van der Waals surface area contributed by atoms with E-state index in [1.165, 1.54) is 0 Å². The van der Waals surface area contributed by atoms with Crippen molar-refractivity contribution in [1.29, 1.82) is 5.26 Å². The van der Waals surface area contributed by atoms with E-state index in [1.807, 2.05) is 42.2 Å². The van der Waals surface area contributed by atoms with Gasteiger partial charge in [-0.15, -0.1) is 0 Å². The second kappa shape index (κ2) is 7.80. The molecule has 1 aliphatic heterocycles. The Hall–Kier alpha value is -2.51. The Morgan fingerprint density at radius 3 is 2.65 bits per heavy atom. The Kier molecular flexibility index (Phi) is 5.49. The molecule has 0 aliphatic carbocycles. The topological polar surface area (TPSA) is 53.3 Å². The van der Waals surface area contributed by atoms with Gasteiger partial charge in [-0.2, -0.15) is 5.26 Å². The van der Waals surface area contributed by atoms with Gasteiger partial charge in [-0.05, 0) is 43.5 Å². The molecule has 134 valence electrons. The summed E-state index contributed by atoms with van der Waals surface area (Å²) in [5.74, 6) is 0.977. The van der Waals surface area contributed by atoms with Gasteiger partial charge >= 0.3 is 0 Å². The zero-order chi connectivity index (χ0) is 18.7. The first-order valence-electron chi connectivity index (χ1n) is 8.70. The monoisotopic (exact) mass is 368 g/mol. The first kappa shape index (κ1) is 18.3. The number of benzene rings is 2. The van der Waals surface area contributed by atoms with Crippen molar-refractivity contribution in [3.05, 3.63) is 64.2 Å². The predicted octanol–water partition coefficient (Wildman–Crippen LogP) is 4.45. The first-order valence-corrected chi connectivity index (χ1v) is 9.08. The molecule has 0 saturated carbocycles. The highest BCUT2D eigenvalue weighted by Crippen LogP contribution is 2.27. The fraction of sp³-hybridized carbons (Fsp3) is 0.333. The van der Waals surface area contributed by atoms with Crippen molar-refractivity contribution in [3.63, 3.8) is 0 Å². The Morgan fingerprint density at radius 2 is 2.00 bits per heavy atom. The van der Waals surface area contributed by atoms with Crippen LogP contribution in [0.25, 0.3) is 0 Å². The first-order chi connectivity index (χ1) is 12.5. The number of hydrogen-bond donors (Lipinski definition) is 0. The Bertz CT molecular complexity index is 842. The van der Waals surface area contributed by atoms with E-state index in [-0.39, 0.29) is 12.0 Å².